The van der Waals surface area contributed by atoms with Gasteiger partial charge in [0.1, 0.15) is 5.75 Å². The number of ether oxygens (including phenoxy) is 1. The molecule has 0 unspecified atom stereocenters. The Morgan fingerprint density at radius 2 is 1.88 bits per heavy atom. The number of methoxy groups -OCH3 is 1. The smallest absolute Gasteiger partial charge is 0.234 e. The number of aryl methyl sites for hydroxylation is 1. The molecule has 0 aliphatic carbocycles. The van der Waals surface area contributed by atoms with Crippen molar-refractivity contribution in [3.63, 3.8) is 0 Å². The van der Waals surface area contributed by atoms with E-state index >= 15 is 0 Å². The lowest BCUT2D eigenvalue weighted by atomic mass is 10.1. The maximum Gasteiger partial charge on any atom is 0.234 e. The number of anilines is 1. The quantitative estimate of drug-likeness (QED) is 0.645. The van der Waals surface area contributed by atoms with Crippen LogP contribution in [0.5, 0.6) is 5.75 Å². The van der Waals surface area contributed by atoms with E-state index in [1.54, 1.807) is 11.8 Å². The maximum atomic E-state index is 12.2. The van der Waals surface area contributed by atoms with Crippen molar-refractivity contribution in [2.24, 2.45) is 0 Å². The van der Waals surface area contributed by atoms with Gasteiger partial charge in [0.15, 0.2) is 0 Å². The van der Waals surface area contributed by atoms with Gasteiger partial charge in [0.25, 0.3) is 0 Å². The molecule has 0 spiro atoms. The maximum absolute atomic E-state index is 12.2. The first-order valence-electron chi connectivity index (χ1n) is 8.14. The number of hydrogen-bond donors (Lipinski definition) is 1. The van der Waals surface area contributed by atoms with Crippen LogP contribution in [0.3, 0.4) is 0 Å². The van der Waals surface area contributed by atoms with Gasteiger partial charge in [-0.05, 0) is 58.8 Å². The van der Waals surface area contributed by atoms with Crippen LogP contribution in [0, 0.1) is 0 Å². The molecule has 0 aliphatic rings. The molecule has 0 fully saturated rings. The summed E-state index contributed by atoms with van der Waals surface area (Å²) in [6, 6.07) is 15.2. The first kappa shape index (κ1) is 17.9. The Morgan fingerprint density at radius 1 is 1.15 bits per heavy atom. The molecule has 0 radical (unpaired) electrons. The van der Waals surface area contributed by atoms with Crippen LogP contribution >= 0.6 is 11.8 Å². The molecule has 2 aromatic carbocycles. The van der Waals surface area contributed by atoms with E-state index < -0.39 is 0 Å². The number of amides is 1. The molecular formula is C18H19N5O2S. The van der Waals surface area contributed by atoms with Crippen LogP contribution in [0.4, 0.5) is 5.69 Å². The topological polar surface area (TPSA) is 81.9 Å². The Kier molecular flexibility index (Phi) is 5.85. The molecule has 26 heavy (non-hydrogen) atoms. The first-order chi connectivity index (χ1) is 12.7. The van der Waals surface area contributed by atoms with Crippen molar-refractivity contribution < 1.29 is 9.53 Å². The molecule has 0 bridgehead atoms. The lowest BCUT2D eigenvalue weighted by Crippen LogP contribution is -2.14. The number of nitrogens with zero attached hydrogens (tertiary/aromatic N) is 4. The minimum atomic E-state index is -0.108. The van der Waals surface area contributed by atoms with Gasteiger partial charge in [0.05, 0.1) is 18.6 Å². The number of benzene rings is 2. The van der Waals surface area contributed by atoms with Gasteiger partial charge in [-0.15, -0.1) is 5.10 Å². The summed E-state index contributed by atoms with van der Waals surface area (Å²) < 4.78 is 6.74. The highest BCUT2D eigenvalue weighted by Crippen LogP contribution is 2.20. The zero-order chi connectivity index (χ0) is 18.4. The summed E-state index contributed by atoms with van der Waals surface area (Å²) in [5, 5.41) is 15.1. The van der Waals surface area contributed by atoms with Crippen LogP contribution < -0.4 is 10.1 Å². The second-order valence-corrected chi connectivity index (χ2v) is 6.40. The number of thioether (sulfide) groups is 1. The Labute approximate surface area is 155 Å². The molecule has 1 heterocycles. The SMILES string of the molecule is CCc1ccc(NC(=O)CSc2nnnn2-c2ccc(OC)cc2)cc1. The summed E-state index contributed by atoms with van der Waals surface area (Å²) in [6.45, 7) is 2.09. The molecule has 0 aliphatic heterocycles. The number of aromatic nitrogens is 4. The van der Waals surface area contributed by atoms with Gasteiger partial charge in [-0.3, -0.25) is 4.79 Å². The van der Waals surface area contributed by atoms with Crippen molar-refractivity contribution in [2.45, 2.75) is 18.5 Å². The predicted octanol–water partition coefficient (Wildman–Crippen LogP) is 2.96. The number of nitrogens with one attached hydrogen (secondary N) is 1. The molecular weight excluding hydrogens is 350 g/mol. The van der Waals surface area contributed by atoms with E-state index in [-0.39, 0.29) is 11.7 Å². The molecule has 1 amide bonds. The molecule has 3 aromatic rings. The van der Waals surface area contributed by atoms with Crippen LogP contribution in [0.25, 0.3) is 5.69 Å². The van der Waals surface area contributed by atoms with Crippen molar-refractivity contribution in [1.82, 2.24) is 20.2 Å². The normalized spacial score (nSPS) is 10.5. The van der Waals surface area contributed by atoms with Gasteiger partial charge in [-0.2, -0.15) is 4.68 Å². The average Bonchev–Trinajstić information content (AvgIpc) is 3.15. The molecule has 0 atom stereocenters. The average molecular weight is 369 g/mol. The lowest BCUT2D eigenvalue weighted by Gasteiger charge is -2.07. The third kappa shape index (κ3) is 4.40. The summed E-state index contributed by atoms with van der Waals surface area (Å²) >= 11 is 1.28. The van der Waals surface area contributed by atoms with E-state index in [2.05, 4.69) is 27.8 Å². The second kappa shape index (κ2) is 8.48. The summed E-state index contributed by atoms with van der Waals surface area (Å²) in [6.07, 6.45) is 0.970. The first-order valence-corrected chi connectivity index (χ1v) is 9.12. The van der Waals surface area contributed by atoms with Gasteiger partial charge < -0.3 is 10.1 Å². The summed E-state index contributed by atoms with van der Waals surface area (Å²) in [5.41, 5.74) is 2.81. The standard InChI is InChI=1S/C18H19N5O2S/c1-3-13-4-6-14(7-5-13)19-17(24)12-26-18-20-21-22-23(18)15-8-10-16(25-2)11-9-15/h4-11H,3,12H2,1-2H3,(H,19,24). The van der Waals surface area contributed by atoms with Gasteiger partial charge in [0, 0.05) is 5.69 Å². The van der Waals surface area contributed by atoms with E-state index in [1.165, 1.54) is 17.3 Å². The molecule has 3 rings (SSSR count). The van der Waals surface area contributed by atoms with Crippen molar-refractivity contribution in [2.75, 3.05) is 18.2 Å². The minimum Gasteiger partial charge on any atom is -0.497 e. The van der Waals surface area contributed by atoms with Crippen LogP contribution in [0.1, 0.15) is 12.5 Å². The van der Waals surface area contributed by atoms with Crippen LogP contribution in [0.15, 0.2) is 53.7 Å². The molecule has 0 saturated carbocycles. The number of rotatable bonds is 7. The van der Waals surface area contributed by atoms with E-state index in [4.69, 9.17) is 4.74 Å². The van der Waals surface area contributed by atoms with Gasteiger partial charge in [0.2, 0.25) is 11.1 Å². The van der Waals surface area contributed by atoms with E-state index in [9.17, 15) is 4.79 Å². The van der Waals surface area contributed by atoms with Crippen LogP contribution in [0.2, 0.25) is 0 Å². The zero-order valence-electron chi connectivity index (χ0n) is 14.5. The minimum absolute atomic E-state index is 0.108. The number of carbonyl (C=O) groups is 1. The van der Waals surface area contributed by atoms with E-state index in [0.29, 0.717) is 5.16 Å². The van der Waals surface area contributed by atoms with E-state index in [0.717, 1.165) is 23.5 Å². The molecule has 1 aromatic heterocycles. The Morgan fingerprint density at radius 3 is 2.54 bits per heavy atom. The van der Waals surface area contributed by atoms with Crippen LogP contribution in [-0.2, 0) is 11.2 Å². The largest absolute Gasteiger partial charge is 0.497 e. The second-order valence-electron chi connectivity index (χ2n) is 5.46. The van der Waals surface area contributed by atoms with Crippen molar-refractivity contribution in [3.05, 3.63) is 54.1 Å². The molecule has 134 valence electrons. The fraction of sp³-hybridized carbons (Fsp3) is 0.222. The third-order valence-electron chi connectivity index (χ3n) is 3.74. The Hall–Kier alpha value is -2.87. The summed E-state index contributed by atoms with van der Waals surface area (Å²) in [4.78, 5) is 12.2. The Balaban J connectivity index is 1.60. The fourth-order valence-electron chi connectivity index (χ4n) is 2.31. The zero-order valence-corrected chi connectivity index (χ0v) is 15.4. The van der Waals surface area contributed by atoms with Crippen LogP contribution in [-0.4, -0.2) is 39.0 Å². The summed E-state index contributed by atoms with van der Waals surface area (Å²) in [7, 11) is 1.61. The highest BCUT2D eigenvalue weighted by molar-refractivity contribution is 7.99. The predicted molar refractivity (Wildman–Crippen MR) is 101 cm³/mol. The van der Waals surface area contributed by atoms with Crippen molar-refractivity contribution in [1.29, 1.82) is 0 Å². The molecule has 0 saturated heterocycles. The number of tetrazole rings is 1. The monoisotopic (exact) mass is 369 g/mol. The molecule has 1 N–H and O–H groups in total. The Bertz CT molecular complexity index is 862. The third-order valence-corrected chi connectivity index (χ3v) is 4.66. The molecule has 7 nitrogen and oxygen atoms in total. The lowest BCUT2D eigenvalue weighted by molar-refractivity contribution is -0.113. The van der Waals surface area contributed by atoms with Crippen molar-refractivity contribution >= 4 is 23.4 Å². The van der Waals surface area contributed by atoms with E-state index in [1.807, 2.05) is 48.5 Å². The summed E-state index contributed by atoms with van der Waals surface area (Å²) in [5.74, 6) is 0.861. The number of hydrogen-bond acceptors (Lipinski definition) is 6. The highest BCUT2D eigenvalue weighted by Gasteiger charge is 2.12. The van der Waals surface area contributed by atoms with Gasteiger partial charge in [-0.1, -0.05) is 30.8 Å². The van der Waals surface area contributed by atoms with Crippen molar-refractivity contribution in [3.8, 4) is 11.4 Å². The fourth-order valence-corrected chi connectivity index (χ4v) is 3.00. The van der Waals surface area contributed by atoms with Gasteiger partial charge >= 0.3 is 0 Å². The van der Waals surface area contributed by atoms with Gasteiger partial charge in [-0.25, -0.2) is 0 Å². The molecule has 8 heteroatoms. The number of carbonyl (C=O) groups excluding carboxylic acids is 1. The highest BCUT2D eigenvalue weighted by atomic mass is 32.2.